The van der Waals surface area contributed by atoms with E-state index in [1.807, 2.05) is 31.2 Å². The van der Waals surface area contributed by atoms with Gasteiger partial charge >= 0.3 is 6.18 Å². The van der Waals surface area contributed by atoms with E-state index in [2.05, 4.69) is 15.2 Å². The summed E-state index contributed by atoms with van der Waals surface area (Å²) in [5.74, 6) is -0.638. The third-order valence-electron chi connectivity index (χ3n) is 4.57. The number of nitrogens with zero attached hydrogens (tertiary/aromatic N) is 3. The lowest BCUT2D eigenvalue weighted by Gasteiger charge is -2.16. The molecule has 0 radical (unpaired) electrons. The molecule has 2 aromatic carbocycles. The summed E-state index contributed by atoms with van der Waals surface area (Å²) in [7, 11) is 0. The molecule has 1 saturated heterocycles. The smallest absolute Gasteiger partial charge is 0.274 e. The molecule has 1 atom stereocenters. The highest BCUT2D eigenvalue weighted by Crippen LogP contribution is 2.36. The first-order valence-electron chi connectivity index (χ1n) is 8.92. The lowest BCUT2D eigenvalue weighted by atomic mass is 10.1. The monoisotopic (exact) mass is 432 g/mol. The molecule has 3 aromatic rings. The molecule has 154 valence electrons. The number of hydrogen-bond donors (Lipinski definition) is 1. The zero-order chi connectivity index (χ0) is 21.5. The maximum Gasteiger partial charge on any atom is 0.416 e. The van der Waals surface area contributed by atoms with Gasteiger partial charge in [0, 0.05) is 12.0 Å². The number of halogens is 3. The molecule has 10 heteroatoms. The van der Waals surface area contributed by atoms with Crippen LogP contribution in [0.4, 0.5) is 18.9 Å². The van der Waals surface area contributed by atoms with E-state index in [1.54, 1.807) is 0 Å². The van der Waals surface area contributed by atoms with Crippen LogP contribution in [-0.2, 0) is 15.8 Å². The number of carbonyl (C=O) groups excluding carboxylic acids is 2. The van der Waals surface area contributed by atoms with Crippen LogP contribution >= 0.6 is 11.8 Å². The molecule has 30 heavy (non-hydrogen) atoms. The van der Waals surface area contributed by atoms with E-state index in [4.69, 9.17) is 0 Å². The number of thioether (sulfide) groups is 1. The van der Waals surface area contributed by atoms with Gasteiger partial charge in [-0.3, -0.25) is 14.7 Å². The first-order valence-corrected chi connectivity index (χ1v) is 9.80. The Morgan fingerprint density at radius 2 is 1.87 bits per heavy atom. The van der Waals surface area contributed by atoms with Crippen molar-refractivity contribution in [2.24, 2.45) is 0 Å². The predicted octanol–water partition coefficient (Wildman–Crippen LogP) is 4.22. The molecule has 2 amide bonds. The summed E-state index contributed by atoms with van der Waals surface area (Å²) < 4.78 is 38.9. The highest BCUT2D eigenvalue weighted by atomic mass is 32.2. The summed E-state index contributed by atoms with van der Waals surface area (Å²) in [6.07, 6.45) is -4.71. The van der Waals surface area contributed by atoms with Crippen molar-refractivity contribution in [1.29, 1.82) is 0 Å². The fourth-order valence-corrected chi connectivity index (χ4v) is 3.98. The predicted molar refractivity (Wildman–Crippen MR) is 105 cm³/mol. The molecule has 1 fully saturated rings. The van der Waals surface area contributed by atoms with Crippen LogP contribution in [0.2, 0.25) is 0 Å². The van der Waals surface area contributed by atoms with Crippen LogP contribution in [0.5, 0.6) is 0 Å². The van der Waals surface area contributed by atoms with Gasteiger partial charge in [-0.2, -0.15) is 13.2 Å². The second kappa shape index (κ2) is 7.60. The number of carbonyl (C=O) groups is 2. The summed E-state index contributed by atoms with van der Waals surface area (Å²) in [4.78, 5) is 30.2. The molecule has 4 rings (SSSR count). The Balaban J connectivity index is 1.52. The summed E-state index contributed by atoms with van der Waals surface area (Å²) >= 11 is 1.00. The number of alkyl halides is 3. The zero-order valence-electron chi connectivity index (χ0n) is 15.6. The van der Waals surface area contributed by atoms with E-state index in [0.717, 1.165) is 39.9 Å². The van der Waals surface area contributed by atoms with Crippen molar-refractivity contribution < 1.29 is 22.8 Å². The number of aryl methyl sites for hydroxylation is 1. The Kier molecular flexibility index (Phi) is 5.10. The second-order valence-electron chi connectivity index (χ2n) is 6.76. The molecule has 1 aliphatic heterocycles. The minimum Gasteiger partial charge on any atom is -0.274 e. The summed E-state index contributed by atoms with van der Waals surface area (Å²) in [6.45, 7) is 1.96. The maximum atomic E-state index is 13.0. The van der Waals surface area contributed by atoms with Crippen LogP contribution < -0.4 is 4.90 Å². The fraction of sp³-hybridized carbons (Fsp3) is 0.200. The third kappa shape index (κ3) is 3.95. The average molecular weight is 432 g/mol. The molecule has 0 saturated carbocycles. The van der Waals surface area contributed by atoms with Crippen LogP contribution in [-0.4, -0.2) is 32.2 Å². The number of nitrogens with one attached hydrogen (secondary N) is 1. The number of H-pyrrole nitrogens is 1. The van der Waals surface area contributed by atoms with Crippen LogP contribution in [0.25, 0.3) is 11.4 Å². The van der Waals surface area contributed by atoms with E-state index in [1.165, 1.54) is 12.1 Å². The Morgan fingerprint density at radius 1 is 1.13 bits per heavy atom. The largest absolute Gasteiger partial charge is 0.416 e. The number of hydrogen-bond acceptors (Lipinski definition) is 5. The van der Waals surface area contributed by atoms with Crippen molar-refractivity contribution >= 4 is 29.3 Å². The molecule has 1 aromatic heterocycles. The van der Waals surface area contributed by atoms with Gasteiger partial charge in [0.1, 0.15) is 5.25 Å². The number of aromatic amines is 1. The molecule has 1 unspecified atom stereocenters. The Morgan fingerprint density at radius 3 is 2.57 bits per heavy atom. The van der Waals surface area contributed by atoms with Crippen molar-refractivity contribution in [2.45, 2.75) is 29.9 Å². The third-order valence-corrected chi connectivity index (χ3v) is 5.62. The van der Waals surface area contributed by atoms with Crippen LogP contribution in [0, 0.1) is 6.92 Å². The van der Waals surface area contributed by atoms with Crippen molar-refractivity contribution in [2.75, 3.05) is 4.90 Å². The molecule has 1 aliphatic rings. The van der Waals surface area contributed by atoms with E-state index in [-0.39, 0.29) is 17.3 Å². The van der Waals surface area contributed by atoms with E-state index in [9.17, 15) is 22.8 Å². The van der Waals surface area contributed by atoms with Gasteiger partial charge in [0.05, 0.1) is 11.3 Å². The lowest BCUT2D eigenvalue weighted by molar-refractivity contribution is -0.137. The van der Waals surface area contributed by atoms with Gasteiger partial charge in [-0.1, -0.05) is 47.7 Å². The van der Waals surface area contributed by atoms with E-state index < -0.39 is 28.8 Å². The molecule has 0 bridgehead atoms. The summed E-state index contributed by atoms with van der Waals surface area (Å²) in [5, 5.41) is 6.34. The fourth-order valence-electron chi connectivity index (χ4n) is 3.06. The number of amides is 2. The van der Waals surface area contributed by atoms with Gasteiger partial charge < -0.3 is 0 Å². The standard InChI is InChI=1S/C20H15F3N4O2S/c1-11-5-7-12(8-6-11)17-24-19(26-25-17)30-15-10-16(28)27(18(15)29)14-4-2-3-13(9-14)20(21,22)23/h2-9,15H,10H2,1H3,(H,24,25,26). The minimum absolute atomic E-state index is 0.0988. The summed E-state index contributed by atoms with van der Waals surface area (Å²) in [5.41, 5.74) is 0.892. The molecule has 2 heterocycles. The van der Waals surface area contributed by atoms with Crippen molar-refractivity contribution in [3.8, 4) is 11.4 Å². The summed E-state index contributed by atoms with van der Waals surface area (Å²) in [6, 6.07) is 11.8. The molecular weight excluding hydrogens is 417 g/mol. The first kappa shape index (κ1) is 20.1. The minimum atomic E-state index is -4.57. The molecule has 6 nitrogen and oxygen atoms in total. The maximum absolute atomic E-state index is 13.0. The molecule has 1 N–H and O–H groups in total. The van der Waals surface area contributed by atoms with Gasteiger partial charge in [0.15, 0.2) is 5.82 Å². The Bertz CT molecular complexity index is 1110. The number of anilines is 1. The van der Waals surface area contributed by atoms with Crippen LogP contribution in [0.15, 0.2) is 53.7 Å². The average Bonchev–Trinajstić information content (AvgIpc) is 3.26. The van der Waals surface area contributed by atoms with Gasteiger partial charge in [0.25, 0.3) is 0 Å². The van der Waals surface area contributed by atoms with Gasteiger partial charge in [0.2, 0.25) is 17.0 Å². The van der Waals surface area contributed by atoms with Gasteiger partial charge in [-0.05, 0) is 25.1 Å². The van der Waals surface area contributed by atoms with E-state index in [0.29, 0.717) is 5.82 Å². The number of imide groups is 1. The normalized spacial score (nSPS) is 17.1. The van der Waals surface area contributed by atoms with Gasteiger partial charge in [-0.25, -0.2) is 9.88 Å². The number of aromatic nitrogens is 3. The number of benzene rings is 2. The lowest BCUT2D eigenvalue weighted by Crippen LogP contribution is -2.31. The van der Waals surface area contributed by atoms with Crippen molar-refractivity contribution in [3.05, 3.63) is 59.7 Å². The van der Waals surface area contributed by atoms with Crippen LogP contribution in [0.1, 0.15) is 17.5 Å². The Labute approximate surface area is 173 Å². The Hall–Kier alpha value is -3.14. The first-order chi connectivity index (χ1) is 14.2. The van der Waals surface area contributed by atoms with Crippen molar-refractivity contribution in [1.82, 2.24) is 15.2 Å². The molecule has 0 aliphatic carbocycles. The highest BCUT2D eigenvalue weighted by Gasteiger charge is 2.41. The molecular formula is C20H15F3N4O2S. The topological polar surface area (TPSA) is 79.0 Å². The molecule has 0 spiro atoms. The number of rotatable bonds is 4. The van der Waals surface area contributed by atoms with Crippen LogP contribution in [0.3, 0.4) is 0 Å². The van der Waals surface area contributed by atoms with Gasteiger partial charge in [-0.15, -0.1) is 5.10 Å². The SMILES string of the molecule is Cc1ccc(-c2nc(SC3CC(=O)N(c4cccc(C(F)(F)F)c4)C3=O)n[nH]2)cc1. The second-order valence-corrected chi connectivity index (χ2v) is 7.93. The zero-order valence-corrected chi connectivity index (χ0v) is 16.4. The van der Waals surface area contributed by atoms with Crippen molar-refractivity contribution in [3.63, 3.8) is 0 Å². The van der Waals surface area contributed by atoms with E-state index >= 15 is 0 Å². The highest BCUT2D eigenvalue weighted by molar-refractivity contribution is 8.00. The quantitative estimate of drug-likeness (QED) is 0.625.